The summed E-state index contributed by atoms with van der Waals surface area (Å²) in [6.45, 7) is 0.234. The first kappa shape index (κ1) is 15.6. The van der Waals surface area contributed by atoms with Gasteiger partial charge in [0.15, 0.2) is 0 Å². The number of aliphatic hydroxyl groups is 1. The van der Waals surface area contributed by atoms with E-state index in [4.69, 9.17) is 9.84 Å². The van der Waals surface area contributed by atoms with Crippen molar-refractivity contribution >= 4 is 33.2 Å². The lowest BCUT2D eigenvalue weighted by atomic mass is 10.2. The second kappa shape index (κ2) is 8.63. The molecular formula is C12H18BrNO3S. The fraction of sp³-hybridized carbons (Fsp3) is 0.583. The number of hydrogen-bond donors (Lipinski definition) is 2. The molecule has 0 aliphatic rings. The molecule has 1 unspecified atom stereocenters. The number of halogens is 1. The molecule has 2 N–H and O–H groups in total. The van der Waals surface area contributed by atoms with Gasteiger partial charge in [-0.15, -0.1) is 11.3 Å². The SMILES string of the molecule is COCC(CO)NC(=O)CCCc1ccc(Br)s1. The van der Waals surface area contributed by atoms with Crippen molar-refractivity contribution in [3.63, 3.8) is 0 Å². The van der Waals surface area contributed by atoms with Crippen LogP contribution in [0.15, 0.2) is 15.9 Å². The van der Waals surface area contributed by atoms with Crippen LogP contribution in [0.2, 0.25) is 0 Å². The number of carbonyl (C=O) groups is 1. The lowest BCUT2D eigenvalue weighted by Gasteiger charge is -2.14. The summed E-state index contributed by atoms with van der Waals surface area (Å²) in [6.07, 6.45) is 2.18. The molecule has 6 heteroatoms. The number of carbonyl (C=O) groups excluding carboxylic acids is 1. The average Bonchev–Trinajstić information content (AvgIpc) is 2.74. The third-order valence-corrected chi connectivity index (χ3v) is 4.09. The highest BCUT2D eigenvalue weighted by Crippen LogP contribution is 2.23. The van der Waals surface area contributed by atoms with E-state index in [2.05, 4.69) is 27.3 Å². The molecule has 0 spiro atoms. The highest BCUT2D eigenvalue weighted by atomic mass is 79.9. The molecule has 18 heavy (non-hydrogen) atoms. The van der Waals surface area contributed by atoms with Gasteiger partial charge in [-0.2, -0.15) is 0 Å². The van der Waals surface area contributed by atoms with Crippen LogP contribution in [-0.2, 0) is 16.0 Å². The van der Waals surface area contributed by atoms with Gasteiger partial charge < -0.3 is 15.2 Å². The van der Waals surface area contributed by atoms with Crippen LogP contribution in [-0.4, -0.2) is 37.4 Å². The molecule has 4 nitrogen and oxygen atoms in total. The third-order valence-electron chi connectivity index (χ3n) is 2.41. The van der Waals surface area contributed by atoms with E-state index in [1.165, 1.54) is 4.88 Å². The number of nitrogens with one attached hydrogen (secondary N) is 1. The summed E-state index contributed by atoms with van der Waals surface area (Å²) >= 11 is 5.10. The van der Waals surface area contributed by atoms with Crippen molar-refractivity contribution in [2.45, 2.75) is 25.3 Å². The third kappa shape index (κ3) is 5.95. The van der Waals surface area contributed by atoms with E-state index in [0.717, 1.165) is 16.6 Å². The van der Waals surface area contributed by atoms with Crippen molar-refractivity contribution in [3.05, 3.63) is 20.8 Å². The Labute approximate surface area is 119 Å². The molecule has 1 aromatic heterocycles. The molecule has 0 aliphatic carbocycles. The Bertz CT molecular complexity index is 370. The molecular weight excluding hydrogens is 318 g/mol. The van der Waals surface area contributed by atoms with Crippen LogP contribution in [0, 0.1) is 0 Å². The highest BCUT2D eigenvalue weighted by molar-refractivity contribution is 9.11. The van der Waals surface area contributed by atoms with E-state index in [0.29, 0.717) is 13.0 Å². The Hall–Kier alpha value is -0.430. The quantitative estimate of drug-likeness (QED) is 0.763. The predicted octanol–water partition coefficient (Wildman–Crippen LogP) is 1.96. The Morgan fingerprint density at radius 1 is 1.61 bits per heavy atom. The van der Waals surface area contributed by atoms with Crippen LogP contribution in [0.5, 0.6) is 0 Å². The van der Waals surface area contributed by atoms with Gasteiger partial charge in [0.05, 0.1) is 23.0 Å². The van der Waals surface area contributed by atoms with Gasteiger partial charge >= 0.3 is 0 Å². The standard InChI is InChI=1S/C12H18BrNO3S/c1-17-8-9(7-15)14-12(16)4-2-3-10-5-6-11(13)18-10/h5-6,9,15H,2-4,7-8H2,1H3,(H,14,16). The number of ether oxygens (including phenoxy) is 1. The molecule has 102 valence electrons. The number of amides is 1. The number of methoxy groups -OCH3 is 1. The lowest BCUT2D eigenvalue weighted by Crippen LogP contribution is -2.40. The zero-order chi connectivity index (χ0) is 13.4. The number of hydrogen-bond acceptors (Lipinski definition) is 4. The second-order valence-corrected chi connectivity index (χ2v) is 6.51. The molecule has 1 aromatic rings. The van der Waals surface area contributed by atoms with Gasteiger partial charge in [-0.25, -0.2) is 0 Å². The van der Waals surface area contributed by atoms with E-state index >= 15 is 0 Å². The minimum absolute atomic E-state index is 0.0401. The Balaban J connectivity index is 2.20. The molecule has 1 heterocycles. The Morgan fingerprint density at radius 3 is 2.94 bits per heavy atom. The zero-order valence-electron chi connectivity index (χ0n) is 10.3. The van der Waals surface area contributed by atoms with Crippen molar-refractivity contribution < 1.29 is 14.6 Å². The van der Waals surface area contributed by atoms with E-state index in [1.54, 1.807) is 18.4 Å². The first-order chi connectivity index (χ1) is 8.65. The van der Waals surface area contributed by atoms with Crippen molar-refractivity contribution in [3.8, 4) is 0 Å². The molecule has 0 radical (unpaired) electrons. The van der Waals surface area contributed by atoms with E-state index in [-0.39, 0.29) is 18.6 Å². The van der Waals surface area contributed by atoms with Gasteiger partial charge in [0.2, 0.25) is 5.91 Å². The maximum Gasteiger partial charge on any atom is 0.220 e. The summed E-state index contributed by atoms with van der Waals surface area (Å²) in [5, 5.41) is 11.8. The Kier molecular flexibility index (Phi) is 7.50. The van der Waals surface area contributed by atoms with Gasteiger partial charge in [-0.1, -0.05) is 0 Å². The first-order valence-electron chi connectivity index (χ1n) is 5.79. The Morgan fingerprint density at radius 2 is 2.39 bits per heavy atom. The molecule has 1 atom stereocenters. The maximum absolute atomic E-state index is 11.6. The second-order valence-electron chi connectivity index (χ2n) is 3.96. The van der Waals surface area contributed by atoms with Gasteiger partial charge in [-0.3, -0.25) is 4.79 Å². The maximum atomic E-state index is 11.6. The van der Waals surface area contributed by atoms with Gasteiger partial charge in [0, 0.05) is 18.4 Å². The summed E-state index contributed by atoms with van der Waals surface area (Å²) in [5.41, 5.74) is 0. The molecule has 0 bridgehead atoms. The summed E-state index contributed by atoms with van der Waals surface area (Å²) in [4.78, 5) is 12.9. The molecule has 1 amide bonds. The number of aliphatic hydroxyl groups excluding tert-OH is 1. The smallest absolute Gasteiger partial charge is 0.220 e. The van der Waals surface area contributed by atoms with Crippen LogP contribution < -0.4 is 5.32 Å². The van der Waals surface area contributed by atoms with Crippen molar-refractivity contribution in [2.24, 2.45) is 0 Å². The minimum atomic E-state index is -0.307. The van der Waals surface area contributed by atoms with Crippen LogP contribution in [0.4, 0.5) is 0 Å². The van der Waals surface area contributed by atoms with E-state index in [9.17, 15) is 4.79 Å². The molecule has 0 saturated carbocycles. The minimum Gasteiger partial charge on any atom is -0.394 e. The van der Waals surface area contributed by atoms with Gasteiger partial charge in [0.1, 0.15) is 0 Å². The van der Waals surface area contributed by atoms with E-state index in [1.807, 2.05) is 6.07 Å². The molecule has 0 saturated heterocycles. The molecule has 1 rings (SSSR count). The van der Waals surface area contributed by atoms with Crippen LogP contribution in [0.1, 0.15) is 17.7 Å². The van der Waals surface area contributed by atoms with Crippen LogP contribution in [0.25, 0.3) is 0 Å². The normalized spacial score (nSPS) is 12.4. The fourth-order valence-electron chi connectivity index (χ4n) is 1.55. The van der Waals surface area contributed by atoms with Crippen LogP contribution in [0.3, 0.4) is 0 Å². The van der Waals surface area contributed by atoms with Gasteiger partial charge in [0.25, 0.3) is 0 Å². The van der Waals surface area contributed by atoms with Crippen LogP contribution >= 0.6 is 27.3 Å². The topological polar surface area (TPSA) is 58.6 Å². The zero-order valence-corrected chi connectivity index (χ0v) is 12.7. The largest absolute Gasteiger partial charge is 0.394 e. The highest BCUT2D eigenvalue weighted by Gasteiger charge is 2.10. The number of thiophene rings is 1. The summed E-state index contributed by atoms with van der Waals surface area (Å²) in [7, 11) is 1.55. The molecule has 0 fully saturated rings. The van der Waals surface area contributed by atoms with Crippen molar-refractivity contribution in [2.75, 3.05) is 20.3 Å². The number of aryl methyl sites for hydroxylation is 1. The van der Waals surface area contributed by atoms with Crippen molar-refractivity contribution in [1.29, 1.82) is 0 Å². The lowest BCUT2D eigenvalue weighted by molar-refractivity contribution is -0.122. The first-order valence-corrected chi connectivity index (χ1v) is 7.40. The van der Waals surface area contributed by atoms with Crippen molar-refractivity contribution in [1.82, 2.24) is 5.32 Å². The number of rotatable bonds is 8. The average molecular weight is 336 g/mol. The summed E-state index contributed by atoms with van der Waals surface area (Å²) < 4.78 is 6.01. The monoisotopic (exact) mass is 335 g/mol. The summed E-state index contributed by atoms with van der Waals surface area (Å²) in [5.74, 6) is -0.0401. The fourth-order valence-corrected chi connectivity index (χ4v) is 3.08. The summed E-state index contributed by atoms with van der Waals surface area (Å²) in [6, 6.07) is 3.77. The van der Waals surface area contributed by atoms with E-state index < -0.39 is 0 Å². The predicted molar refractivity (Wildman–Crippen MR) is 75.8 cm³/mol. The molecule has 0 aliphatic heterocycles. The van der Waals surface area contributed by atoms with Gasteiger partial charge in [-0.05, 0) is 40.9 Å². The molecule has 0 aromatic carbocycles.